The van der Waals surface area contributed by atoms with Gasteiger partial charge in [-0.15, -0.1) is 22.7 Å². The second kappa shape index (κ2) is 4.67. The predicted octanol–water partition coefficient (Wildman–Crippen LogP) is 4.81. The Bertz CT molecular complexity index is 704. The zero-order valence-electron chi connectivity index (χ0n) is 12.2. The lowest BCUT2D eigenvalue weighted by atomic mass is 9.74. The van der Waals surface area contributed by atoms with Gasteiger partial charge in [0.1, 0.15) is 0 Å². The summed E-state index contributed by atoms with van der Waals surface area (Å²) >= 11 is 3.34. The fourth-order valence-electron chi connectivity index (χ4n) is 4.87. The van der Waals surface area contributed by atoms with Gasteiger partial charge in [-0.25, -0.2) is 0 Å². The summed E-state index contributed by atoms with van der Waals surface area (Å²) in [6, 6.07) is 8.27. The minimum Gasteiger partial charge on any atom is -0.375 e. The summed E-state index contributed by atoms with van der Waals surface area (Å²) in [4.78, 5) is 2.13. The van der Waals surface area contributed by atoms with Crippen molar-refractivity contribution in [2.75, 3.05) is 0 Å². The highest BCUT2D eigenvalue weighted by molar-refractivity contribution is 7.11. The molecule has 1 nitrogen and oxygen atoms in total. The fourth-order valence-corrected chi connectivity index (χ4v) is 6.65. The second-order valence-electron chi connectivity index (χ2n) is 6.70. The van der Waals surface area contributed by atoms with Crippen LogP contribution in [0.1, 0.15) is 22.6 Å². The Morgan fingerprint density at radius 2 is 1.82 bits per heavy atom. The lowest BCUT2D eigenvalue weighted by molar-refractivity contribution is 0.110. The molecule has 0 radical (unpaired) electrons. The SMILES string of the molecule is OC(C1=C[C@H]2C[C@@H]1C1CC=CC12)(c1cccs1)c1cccs1. The van der Waals surface area contributed by atoms with Gasteiger partial charge in [0, 0.05) is 9.75 Å². The van der Waals surface area contributed by atoms with Gasteiger partial charge in [-0.1, -0.05) is 30.4 Å². The van der Waals surface area contributed by atoms with Gasteiger partial charge < -0.3 is 5.11 Å². The van der Waals surface area contributed by atoms with E-state index in [2.05, 4.69) is 41.1 Å². The third kappa shape index (κ3) is 1.62. The summed E-state index contributed by atoms with van der Waals surface area (Å²) in [6.45, 7) is 0. The van der Waals surface area contributed by atoms with Crippen LogP contribution in [0, 0.1) is 23.7 Å². The molecule has 3 heteroatoms. The van der Waals surface area contributed by atoms with E-state index >= 15 is 0 Å². The Hall–Kier alpha value is -1.16. The molecule has 3 aliphatic rings. The lowest BCUT2D eigenvalue weighted by Crippen LogP contribution is -2.33. The molecule has 0 amide bonds. The van der Waals surface area contributed by atoms with E-state index in [0.29, 0.717) is 11.8 Å². The molecule has 2 bridgehead atoms. The molecular weight excluding hydrogens is 308 g/mol. The van der Waals surface area contributed by atoms with Crippen molar-refractivity contribution in [1.82, 2.24) is 0 Å². The average molecular weight is 326 g/mol. The molecule has 4 atom stereocenters. The standard InChI is InChI=1S/C19H18OS2/c20-19(17-6-2-8-21-17,18-7-3-9-22-18)16-11-12-10-15(16)14-5-1-4-13(12)14/h1-4,6-9,11-15,20H,5,10H2/t12-,13?,14?,15-/m1/s1. The third-order valence-electron chi connectivity index (χ3n) is 5.76. The zero-order valence-corrected chi connectivity index (χ0v) is 13.8. The molecule has 3 aliphatic carbocycles. The minimum absolute atomic E-state index is 0.541. The summed E-state index contributed by atoms with van der Waals surface area (Å²) in [5, 5.41) is 15.9. The van der Waals surface area contributed by atoms with Crippen LogP contribution in [0.3, 0.4) is 0 Å². The predicted molar refractivity (Wildman–Crippen MR) is 92.1 cm³/mol. The summed E-state index contributed by atoms with van der Waals surface area (Å²) in [5.41, 5.74) is 0.363. The van der Waals surface area contributed by atoms with Crippen LogP contribution in [-0.2, 0) is 5.60 Å². The Morgan fingerprint density at radius 3 is 2.45 bits per heavy atom. The van der Waals surface area contributed by atoms with Crippen molar-refractivity contribution in [3.05, 3.63) is 68.6 Å². The molecule has 2 aromatic heterocycles. The number of hydrogen-bond donors (Lipinski definition) is 1. The van der Waals surface area contributed by atoms with Crippen molar-refractivity contribution in [3.63, 3.8) is 0 Å². The van der Waals surface area contributed by atoms with Gasteiger partial charge in [0.15, 0.2) is 5.60 Å². The molecule has 22 heavy (non-hydrogen) atoms. The maximum atomic E-state index is 11.8. The fraction of sp³-hybridized carbons (Fsp3) is 0.368. The average Bonchev–Trinajstić information content (AvgIpc) is 3.37. The summed E-state index contributed by atoms with van der Waals surface area (Å²) in [7, 11) is 0. The number of hydrogen-bond acceptors (Lipinski definition) is 3. The second-order valence-corrected chi connectivity index (χ2v) is 8.59. The molecule has 112 valence electrons. The number of thiophene rings is 2. The van der Waals surface area contributed by atoms with Crippen molar-refractivity contribution in [2.24, 2.45) is 23.7 Å². The van der Waals surface area contributed by atoms with Crippen LogP contribution in [-0.4, -0.2) is 5.11 Å². The van der Waals surface area contributed by atoms with Crippen LogP contribution in [0.5, 0.6) is 0 Å². The molecule has 0 saturated heterocycles. The maximum Gasteiger partial charge on any atom is 0.155 e. The molecule has 2 aromatic rings. The Labute approximate surface area is 138 Å². The van der Waals surface area contributed by atoms with E-state index < -0.39 is 5.60 Å². The first-order valence-electron chi connectivity index (χ1n) is 7.97. The van der Waals surface area contributed by atoms with Gasteiger partial charge in [-0.2, -0.15) is 0 Å². The van der Waals surface area contributed by atoms with E-state index in [1.165, 1.54) is 18.4 Å². The molecule has 5 rings (SSSR count). The zero-order chi connectivity index (χ0) is 14.7. The van der Waals surface area contributed by atoms with E-state index in [9.17, 15) is 5.11 Å². The van der Waals surface area contributed by atoms with E-state index in [-0.39, 0.29) is 0 Å². The highest BCUT2D eigenvalue weighted by atomic mass is 32.1. The molecule has 0 aliphatic heterocycles. The number of aliphatic hydroxyl groups is 1. The first-order chi connectivity index (χ1) is 10.8. The summed E-state index contributed by atoms with van der Waals surface area (Å²) in [5.74, 6) is 2.62. The molecular formula is C19H18OS2. The molecule has 1 saturated carbocycles. The molecule has 0 spiro atoms. The van der Waals surface area contributed by atoms with E-state index in [4.69, 9.17) is 0 Å². The molecule has 1 fully saturated rings. The van der Waals surface area contributed by atoms with E-state index in [0.717, 1.165) is 21.6 Å². The Morgan fingerprint density at radius 1 is 1.09 bits per heavy atom. The summed E-state index contributed by atoms with van der Waals surface area (Å²) in [6.07, 6.45) is 9.59. The highest BCUT2D eigenvalue weighted by Crippen LogP contribution is 2.60. The van der Waals surface area contributed by atoms with Gasteiger partial charge in [-0.05, 0) is 65.0 Å². The number of rotatable bonds is 3. The maximum absolute atomic E-state index is 11.8. The number of allylic oxidation sites excluding steroid dienone is 3. The van der Waals surface area contributed by atoms with Crippen molar-refractivity contribution < 1.29 is 5.11 Å². The van der Waals surface area contributed by atoms with Crippen LogP contribution in [0.15, 0.2) is 58.8 Å². The monoisotopic (exact) mass is 326 g/mol. The van der Waals surface area contributed by atoms with Crippen LogP contribution < -0.4 is 0 Å². The molecule has 2 unspecified atom stereocenters. The quantitative estimate of drug-likeness (QED) is 0.802. The largest absolute Gasteiger partial charge is 0.375 e. The van der Waals surface area contributed by atoms with Gasteiger partial charge in [-0.3, -0.25) is 0 Å². The van der Waals surface area contributed by atoms with Crippen LogP contribution in [0.2, 0.25) is 0 Å². The van der Waals surface area contributed by atoms with Crippen molar-refractivity contribution in [1.29, 1.82) is 0 Å². The van der Waals surface area contributed by atoms with Crippen LogP contribution in [0.25, 0.3) is 0 Å². The van der Waals surface area contributed by atoms with Gasteiger partial charge in [0.05, 0.1) is 0 Å². The third-order valence-corrected chi connectivity index (χ3v) is 7.72. The van der Waals surface area contributed by atoms with Crippen molar-refractivity contribution >= 4 is 22.7 Å². The van der Waals surface area contributed by atoms with Crippen LogP contribution >= 0.6 is 22.7 Å². The van der Waals surface area contributed by atoms with E-state index in [1.54, 1.807) is 22.7 Å². The first-order valence-corrected chi connectivity index (χ1v) is 9.73. The molecule has 2 heterocycles. The topological polar surface area (TPSA) is 20.2 Å². The van der Waals surface area contributed by atoms with Crippen molar-refractivity contribution in [2.45, 2.75) is 18.4 Å². The van der Waals surface area contributed by atoms with Gasteiger partial charge >= 0.3 is 0 Å². The number of fused-ring (bicyclic) bond motifs is 5. The Balaban J connectivity index is 1.65. The van der Waals surface area contributed by atoms with Crippen molar-refractivity contribution in [3.8, 4) is 0 Å². The highest BCUT2D eigenvalue weighted by Gasteiger charge is 2.54. The Kier molecular flexibility index (Phi) is 2.82. The van der Waals surface area contributed by atoms with Gasteiger partial charge in [0.2, 0.25) is 0 Å². The smallest absolute Gasteiger partial charge is 0.155 e. The van der Waals surface area contributed by atoms with Crippen LogP contribution in [0.4, 0.5) is 0 Å². The van der Waals surface area contributed by atoms with E-state index in [1.807, 2.05) is 12.1 Å². The minimum atomic E-state index is -0.907. The van der Waals surface area contributed by atoms with Gasteiger partial charge in [0.25, 0.3) is 0 Å². The molecule has 0 aromatic carbocycles. The lowest BCUT2D eigenvalue weighted by Gasteiger charge is -2.36. The first kappa shape index (κ1) is 13.3. The summed E-state index contributed by atoms with van der Waals surface area (Å²) < 4.78 is 0. The normalized spacial score (nSPS) is 32.5. The molecule has 1 N–H and O–H groups in total.